The van der Waals surface area contributed by atoms with Crippen molar-refractivity contribution < 1.29 is 0 Å². The monoisotopic (exact) mass is 394 g/mol. The molecule has 2 aromatic rings. The average molecular weight is 395 g/mol. The molecule has 1 aliphatic carbocycles. The maximum absolute atomic E-state index is 4.85. The lowest BCUT2D eigenvalue weighted by Gasteiger charge is -2.30. The third-order valence-corrected chi connectivity index (χ3v) is 6.45. The summed E-state index contributed by atoms with van der Waals surface area (Å²) in [6.45, 7) is 5.47. The number of hydrogen-bond donors (Lipinski definition) is 2. The second-order valence-corrected chi connectivity index (χ2v) is 8.40. The van der Waals surface area contributed by atoms with Crippen LogP contribution in [-0.4, -0.2) is 33.8 Å². The molecule has 1 saturated carbocycles. The van der Waals surface area contributed by atoms with Gasteiger partial charge in [0, 0.05) is 31.5 Å². The zero-order valence-corrected chi connectivity index (χ0v) is 17.7. The van der Waals surface area contributed by atoms with E-state index in [-0.39, 0.29) is 5.41 Å². The fourth-order valence-electron chi connectivity index (χ4n) is 4.82. The summed E-state index contributed by atoms with van der Waals surface area (Å²) in [4.78, 5) is 4.85. The van der Waals surface area contributed by atoms with Gasteiger partial charge in [0.05, 0.1) is 0 Å². The number of fused-ring (bicyclic) bond motifs is 1. The molecule has 2 N–H and O–H groups in total. The highest BCUT2D eigenvalue weighted by Gasteiger charge is 2.35. The molecule has 0 radical (unpaired) electrons. The third-order valence-electron chi connectivity index (χ3n) is 6.45. The molecule has 0 bridgehead atoms. The van der Waals surface area contributed by atoms with E-state index in [1.165, 1.54) is 50.5 Å². The fourth-order valence-corrected chi connectivity index (χ4v) is 4.82. The molecule has 6 nitrogen and oxygen atoms in total. The van der Waals surface area contributed by atoms with Crippen molar-refractivity contribution in [2.75, 3.05) is 13.1 Å². The Hall–Kier alpha value is -2.37. The summed E-state index contributed by atoms with van der Waals surface area (Å²) in [5, 5.41) is 15.9. The van der Waals surface area contributed by atoms with Crippen LogP contribution in [0.5, 0.6) is 0 Å². The molecule has 6 heteroatoms. The first-order valence-electron chi connectivity index (χ1n) is 11.3. The standard InChI is InChI=1S/C23H34N6/c1-2-24-22(25-17-21-28-27-20-13-7-4-10-16-29(20)21)26-18-23(14-8-9-15-23)19-11-5-3-6-12-19/h3,5-6,11-12H,2,4,7-10,13-18H2,1H3,(H2,24,25,26). The Labute approximate surface area is 174 Å². The van der Waals surface area contributed by atoms with Crippen molar-refractivity contribution in [3.8, 4) is 0 Å². The van der Waals surface area contributed by atoms with E-state index in [9.17, 15) is 0 Å². The highest BCUT2D eigenvalue weighted by atomic mass is 15.3. The van der Waals surface area contributed by atoms with Crippen LogP contribution in [0.15, 0.2) is 35.3 Å². The van der Waals surface area contributed by atoms with Crippen molar-refractivity contribution in [1.82, 2.24) is 25.4 Å². The molecule has 1 aliphatic heterocycles. The van der Waals surface area contributed by atoms with E-state index in [0.29, 0.717) is 6.54 Å². The quantitative estimate of drug-likeness (QED) is 0.581. The minimum Gasteiger partial charge on any atom is -0.357 e. The lowest BCUT2D eigenvalue weighted by molar-refractivity contribution is 0.431. The number of aliphatic imine (C=N–C) groups is 1. The summed E-state index contributed by atoms with van der Waals surface area (Å²) in [6.07, 6.45) is 9.81. The Bertz CT molecular complexity index is 804. The van der Waals surface area contributed by atoms with Crippen LogP contribution in [0.3, 0.4) is 0 Å². The number of aromatic nitrogens is 3. The van der Waals surface area contributed by atoms with E-state index in [4.69, 9.17) is 4.99 Å². The number of hydrogen-bond acceptors (Lipinski definition) is 3. The Morgan fingerprint density at radius 2 is 1.86 bits per heavy atom. The molecule has 0 spiro atoms. The topological polar surface area (TPSA) is 67.1 Å². The molecule has 29 heavy (non-hydrogen) atoms. The van der Waals surface area contributed by atoms with E-state index in [1.54, 1.807) is 0 Å². The summed E-state index contributed by atoms with van der Waals surface area (Å²) >= 11 is 0. The van der Waals surface area contributed by atoms with Gasteiger partial charge in [-0.3, -0.25) is 0 Å². The molecule has 4 rings (SSSR count). The van der Waals surface area contributed by atoms with Gasteiger partial charge in [-0.15, -0.1) is 10.2 Å². The second-order valence-electron chi connectivity index (χ2n) is 8.40. The molecule has 2 aliphatic rings. The van der Waals surface area contributed by atoms with Gasteiger partial charge in [0.25, 0.3) is 0 Å². The highest BCUT2D eigenvalue weighted by Crippen LogP contribution is 2.40. The predicted octanol–water partition coefficient (Wildman–Crippen LogP) is 3.57. The molecule has 1 aromatic heterocycles. The van der Waals surface area contributed by atoms with Crippen LogP contribution in [0, 0.1) is 0 Å². The largest absolute Gasteiger partial charge is 0.357 e. The molecule has 1 fully saturated rings. The lowest BCUT2D eigenvalue weighted by Crippen LogP contribution is -2.44. The Morgan fingerprint density at radius 1 is 1.03 bits per heavy atom. The smallest absolute Gasteiger partial charge is 0.191 e. The maximum Gasteiger partial charge on any atom is 0.191 e. The number of nitrogens with one attached hydrogen (secondary N) is 2. The predicted molar refractivity (Wildman–Crippen MR) is 117 cm³/mol. The number of guanidine groups is 1. The molecule has 0 saturated heterocycles. The van der Waals surface area contributed by atoms with Crippen LogP contribution in [0.2, 0.25) is 0 Å². The van der Waals surface area contributed by atoms with Crippen LogP contribution in [0.25, 0.3) is 0 Å². The summed E-state index contributed by atoms with van der Waals surface area (Å²) in [7, 11) is 0. The summed E-state index contributed by atoms with van der Waals surface area (Å²) in [5.41, 5.74) is 1.66. The number of aryl methyl sites for hydroxylation is 1. The van der Waals surface area contributed by atoms with Crippen molar-refractivity contribution in [2.45, 2.75) is 76.8 Å². The third kappa shape index (κ3) is 4.62. The molecular formula is C23H34N6. The zero-order valence-electron chi connectivity index (χ0n) is 17.7. The summed E-state index contributed by atoms with van der Waals surface area (Å²) in [5.74, 6) is 2.98. The van der Waals surface area contributed by atoms with Crippen molar-refractivity contribution >= 4 is 5.96 Å². The fraction of sp³-hybridized carbons (Fsp3) is 0.609. The molecule has 0 atom stereocenters. The van der Waals surface area contributed by atoms with Crippen LogP contribution >= 0.6 is 0 Å². The van der Waals surface area contributed by atoms with Gasteiger partial charge in [-0.2, -0.15) is 0 Å². The Morgan fingerprint density at radius 3 is 2.66 bits per heavy atom. The number of benzene rings is 1. The van der Waals surface area contributed by atoms with Crippen LogP contribution in [0.4, 0.5) is 0 Å². The van der Waals surface area contributed by atoms with E-state index >= 15 is 0 Å². The summed E-state index contributed by atoms with van der Waals surface area (Å²) in [6, 6.07) is 11.0. The molecule has 156 valence electrons. The van der Waals surface area contributed by atoms with E-state index < -0.39 is 0 Å². The number of nitrogens with zero attached hydrogens (tertiary/aromatic N) is 4. The van der Waals surface area contributed by atoms with Gasteiger partial charge in [-0.05, 0) is 38.2 Å². The van der Waals surface area contributed by atoms with E-state index in [1.807, 2.05) is 0 Å². The first-order chi connectivity index (χ1) is 14.3. The minimum absolute atomic E-state index is 0.212. The van der Waals surface area contributed by atoms with Crippen molar-refractivity contribution in [1.29, 1.82) is 0 Å². The minimum atomic E-state index is 0.212. The first kappa shape index (κ1) is 19.9. The Balaban J connectivity index is 1.46. The summed E-state index contributed by atoms with van der Waals surface area (Å²) < 4.78 is 2.28. The van der Waals surface area contributed by atoms with Crippen molar-refractivity contribution in [3.63, 3.8) is 0 Å². The lowest BCUT2D eigenvalue weighted by atomic mass is 9.79. The van der Waals surface area contributed by atoms with Crippen molar-refractivity contribution in [3.05, 3.63) is 47.5 Å². The molecule has 1 aromatic carbocycles. The number of rotatable bonds is 6. The SMILES string of the molecule is CCNC(=NCc1nnc2n1CCCCC2)NCC1(c2ccccc2)CCCC1. The van der Waals surface area contributed by atoms with Crippen LogP contribution < -0.4 is 10.6 Å². The van der Waals surface area contributed by atoms with E-state index in [2.05, 4.69) is 62.7 Å². The van der Waals surface area contributed by atoms with Gasteiger partial charge in [0.2, 0.25) is 0 Å². The van der Waals surface area contributed by atoms with Gasteiger partial charge in [0.15, 0.2) is 11.8 Å². The maximum atomic E-state index is 4.85. The first-order valence-corrected chi connectivity index (χ1v) is 11.3. The molecule has 0 amide bonds. The zero-order chi connectivity index (χ0) is 19.9. The molecule has 2 heterocycles. The second kappa shape index (κ2) is 9.42. The van der Waals surface area contributed by atoms with Gasteiger partial charge in [-0.25, -0.2) is 4.99 Å². The average Bonchev–Trinajstić information content (AvgIpc) is 3.32. The van der Waals surface area contributed by atoms with Crippen LogP contribution in [-0.2, 0) is 24.9 Å². The van der Waals surface area contributed by atoms with Gasteiger partial charge in [0.1, 0.15) is 12.4 Å². The Kier molecular flexibility index (Phi) is 6.47. The van der Waals surface area contributed by atoms with Crippen molar-refractivity contribution in [2.24, 2.45) is 4.99 Å². The normalized spacial score (nSPS) is 18.9. The van der Waals surface area contributed by atoms with Gasteiger partial charge < -0.3 is 15.2 Å². The molecule has 0 unspecified atom stereocenters. The van der Waals surface area contributed by atoms with Gasteiger partial charge in [-0.1, -0.05) is 49.6 Å². The van der Waals surface area contributed by atoms with Gasteiger partial charge >= 0.3 is 0 Å². The highest BCUT2D eigenvalue weighted by molar-refractivity contribution is 5.79. The molecular weight excluding hydrogens is 360 g/mol. The van der Waals surface area contributed by atoms with Crippen LogP contribution in [0.1, 0.15) is 69.1 Å². The van der Waals surface area contributed by atoms with E-state index in [0.717, 1.165) is 43.7 Å².